The zero-order valence-corrected chi connectivity index (χ0v) is 11.9. The molecule has 0 radical (unpaired) electrons. The van der Waals surface area contributed by atoms with Gasteiger partial charge in [0.2, 0.25) is 0 Å². The fraction of sp³-hybridized carbons (Fsp3) is 0.294. The number of rotatable bonds is 6. The Morgan fingerprint density at radius 1 is 1.20 bits per heavy atom. The van der Waals surface area contributed by atoms with Crippen LogP contribution in [-0.2, 0) is 6.42 Å². The fourth-order valence-corrected chi connectivity index (χ4v) is 2.00. The standard InChI is InChI=1S/C17H19NO2/c1-13(2)20-17-8-4-3-6-14(17)9-10-16(19)15-7-5-11-18-12-15/h3-8,11-13H,9-10H2,1-2H3. The van der Waals surface area contributed by atoms with Crippen molar-refractivity contribution >= 4 is 5.78 Å². The van der Waals surface area contributed by atoms with Crippen molar-refractivity contribution < 1.29 is 9.53 Å². The first kappa shape index (κ1) is 14.3. The van der Waals surface area contributed by atoms with Crippen molar-refractivity contribution in [2.45, 2.75) is 32.8 Å². The van der Waals surface area contributed by atoms with Crippen molar-refractivity contribution in [3.8, 4) is 5.75 Å². The minimum absolute atomic E-state index is 0.109. The van der Waals surface area contributed by atoms with Gasteiger partial charge in [-0.3, -0.25) is 9.78 Å². The Kier molecular flexibility index (Phi) is 4.88. The Bertz CT molecular complexity index is 564. The molecule has 20 heavy (non-hydrogen) atoms. The highest BCUT2D eigenvalue weighted by Crippen LogP contribution is 2.21. The average Bonchev–Trinajstić information content (AvgIpc) is 2.46. The van der Waals surface area contributed by atoms with Crippen LogP contribution in [0.25, 0.3) is 0 Å². The van der Waals surface area contributed by atoms with E-state index in [2.05, 4.69) is 4.98 Å². The van der Waals surface area contributed by atoms with Crippen LogP contribution in [0.3, 0.4) is 0 Å². The van der Waals surface area contributed by atoms with Crippen LogP contribution in [0.2, 0.25) is 0 Å². The van der Waals surface area contributed by atoms with Gasteiger partial charge in [-0.2, -0.15) is 0 Å². The van der Waals surface area contributed by atoms with Crippen LogP contribution in [0.1, 0.15) is 36.2 Å². The predicted octanol–water partition coefficient (Wildman–Crippen LogP) is 3.68. The van der Waals surface area contributed by atoms with E-state index >= 15 is 0 Å². The smallest absolute Gasteiger partial charge is 0.164 e. The molecule has 0 bridgehead atoms. The Morgan fingerprint density at radius 3 is 2.70 bits per heavy atom. The summed E-state index contributed by atoms with van der Waals surface area (Å²) in [4.78, 5) is 16.0. The van der Waals surface area contributed by atoms with Crippen LogP contribution in [0, 0.1) is 0 Å². The largest absolute Gasteiger partial charge is 0.491 e. The zero-order valence-electron chi connectivity index (χ0n) is 11.9. The van der Waals surface area contributed by atoms with Gasteiger partial charge < -0.3 is 4.74 Å². The van der Waals surface area contributed by atoms with Crippen LogP contribution in [0.5, 0.6) is 5.75 Å². The van der Waals surface area contributed by atoms with Crippen molar-refractivity contribution in [2.24, 2.45) is 0 Å². The van der Waals surface area contributed by atoms with E-state index in [4.69, 9.17) is 4.74 Å². The van der Waals surface area contributed by atoms with Crippen molar-refractivity contribution in [1.29, 1.82) is 0 Å². The Morgan fingerprint density at radius 2 is 2.00 bits per heavy atom. The highest BCUT2D eigenvalue weighted by Gasteiger charge is 2.09. The molecule has 0 N–H and O–H groups in total. The third kappa shape index (κ3) is 3.92. The number of hydrogen-bond acceptors (Lipinski definition) is 3. The highest BCUT2D eigenvalue weighted by atomic mass is 16.5. The lowest BCUT2D eigenvalue weighted by molar-refractivity contribution is 0.0982. The molecular weight excluding hydrogens is 250 g/mol. The van der Waals surface area contributed by atoms with Crippen LogP contribution in [-0.4, -0.2) is 16.9 Å². The van der Waals surface area contributed by atoms with Gasteiger partial charge in [0.15, 0.2) is 5.78 Å². The van der Waals surface area contributed by atoms with Crippen molar-refractivity contribution in [1.82, 2.24) is 4.98 Å². The topological polar surface area (TPSA) is 39.2 Å². The van der Waals surface area contributed by atoms with Crippen LogP contribution in [0.15, 0.2) is 48.8 Å². The molecule has 0 aliphatic rings. The summed E-state index contributed by atoms with van der Waals surface area (Å²) in [5.74, 6) is 0.971. The summed E-state index contributed by atoms with van der Waals surface area (Å²) in [7, 11) is 0. The lowest BCUT2D eigenvalue weighted by Gasteiger charge is -2.13. The van der Waals surface area contributed by atoms with Gasteiger partial charge in [0.05, 0.1) is 6.10 Å². The minimum Gasteiger partial charge on any atom is -0.491 e. The van der Waals surface area contributed by atoms with E-state index in [0.29, 0.717) is 18.4 Å². The number of Topliss-reactive ketones (excluding diaryl/α,β-unsaturated/α-hetero) is 1. The normalized spacial score (nSPS) is 10.6. The summed E-state index contributed by atoms with van der Waals surface area (Å²) < 4.78 is 5.76. The first-order valence-corrected chi connectivity index (χ1v) is 6.84. The number of aryl methyl sites for hydroxylation is 1. The molecule has 1 heterocycles. The molecule has 0 fully saturated rings. The maximum Gasteiger partial charge on any atom is 0.164 e. The predicted molar refractivity (Wildman–Crippen MR) is 79.1 cm³/mol. The van der Waals surface area contributed by atoms with Crippen LogP contribution < -0.4 is 4.74 Å². The van der Waals surface area contributed by atoms with Gasteiger partial charge >= 0.3 is 0 Å². The number of pyridine rings is 1. The van der Waals surface area contributed by atoms with E-state index in [0.717, 1.165) is 11.3 Å². The lowest BCUT2D eigenvalue weighted by Crippen LogP contribution is -2.08. The zero-order chi connectivity index (χ0) is 14.4. The van der Waals surface area contributed by atoms with E-state index in [1.165, 1.54) is 0 Å². The van der Waals surface area contributed by atoms with E-state index in [9.17, 15) is 4.79 Å². The quantitative estimate of drug-likeness (QED) is 0.751. The summed E-state index contributed by atoms with van der Waals surface area (Å²) >= 11 is 0. The molecule has 3 nitrogen and oxygen atoms in total. The van der Waals surface area contributed by atoms with Gasteiger partial charge in [-0.15, -0.1) is 0 Å². The molecule has 0 aliphatic carbocycles. The molecule has 2 rings (SSSR count). The molecule has 3 heteroatoms. The molecule has 1 aromatic carbocycles. The van der Waals surface area contributed by atoms with Crippen LogP contribution >= 0.6 is 0 Å². The SMILES string of the molecule is CC(C)Oc1ccccc1CCC(=O)c1cccnc1. The van der Waals surface area contributed by atoms with Crippen molar-refractivity contribution in [3.63, 3.8) is 0 Å². The minimum atomic E-state index is 0.109. The second kappa shape index (κ2) is 6.85. The van der Waals surface area contributed by atoms with Crippen LogP contribution in [0.4, 0.5) is 0 Å². The van der Waals surface area contributed by atoms with Gasteiger partial charge in [0, 0.05) is 24.4 Å². The molecule has 0 saturated heterocycles. The first-order chi connectivity index (χ1) is 9.66. The maximum absolute atomic E-state index is 12.1. The molecule has 104 valence electrons. The number of ether oxygens (including phenoxy) is 1. The number of hydrogen-bond donors (Lipinski definition) is 0. The Balaban J connectivity index is 2.02. The molecule has 2 aromatic rings. The van der Waals surface area contributed by atoms with Gasteiger partial charge in [-0.05, 0) is 44.0 Å². The average molecular weight is 269 g/mol. The van der Waals surface area contributed by atoms with E-state index < -0.39 is 0 Å². The number of aromatic nitrogens is 1. The molecule has 0 saturated carbocycles. The van der Waals surface area contributed by atoms with Crippen molar-refractivity contribution in [2.75, 3.05) is 0 Å². The summed E-state index contributed by atoms with van der Waals surface area (Å²) in [6, 6.07) is 11.5. The molecule has 0 spiro atoms. The number of ketones is 1. The number of nitrogens with zero attached hydrogens (tertiary/aromatic N) is 1. The van der Waals surface area contributed by atoms with Crippen molar-refractivity contribution in [3.05, 3.63) is 59.9 Å². The monoisotopic (exact) mass is 269 g/mol. The number of benzene rings is 1. The number of carbonyl (C=O) groups is 1. The van der Waals surface area contributed by atoms with Gasteiger partial charge in [-0.25, -0.2) is 0 Å². The summed E-state index contributed by atoms with van der Waals surface area (Å²) in [6.45, 7) is 4.00. The lowest BCUT2D eigenvalue weighted by atomic mass is 10.0. The molecule has 0 atom stereocenters. The van der Waals surface area contributed by atoms with Gasteiger partial charge in [0.25, 0.3) is 0 Å². The summed E-state index contributed by atoms with van der Waals surface area (Å²) in [5, 5.41) is 0. The van der Waals surface area contributed by atoms with Gasteiger partial charge in [-0.1, -0.05) is 18.2 Å². The molecular formula is C17H19NO2. The third-order valence-electron chi connectivity index (χ3n) is 2.94. The fourth-order valence-electron chi connectivity index (χ4n) is 2.00. The van der Waals surface area contributed by atoms with E-state index in [1.54, 1.807) is 24.5 Å². The number of carbonyl (C=O) groups excluding carboxylic acids is 1. The van der Waals surface area contributed by atoms with E-state index in [-0.39, 0.29) is 11.9 Å². The second-order valence-corrected chi connectivity index (χ2v) is 4.94. The summed E-state index contributed by atoms with van der Waals surface area (Å²) in [5.41, 5.74) is 1.73. The Labute approximate surface area is 119 Å². The maximum atomic E-state index is 12.1. The third-order valence-corrected chi connectivity index (χ3v) is 2.94. The second-order valence-electron chi connectivity index (χ2n) is 4.94. The number of para-hydroxylation sites is 1. The Hall–Kier alpha value is -2.16. The van der Waals surface area contributed by atoms with Gasteiger partial charge in [0.1, 0.15) is 5.75 Å². The molecule has 1 aromatic heterocycles. The first-order valence-electron chi connectivity index (χ1n) is 6.84. The summed E-state index contributed by atoms with van der Waals surface area (Å²) in [6.07, 6.45) is 4.55. The molecule has 0 amide bonds. The highest BCUT2D eigenvalue weighted by molar-refractivity contribution is 5.95. The molecule has 0 unspecified atom stereocenters. The molecule has 0 aliphatic heterocycles. The van der Waals surface area contributed by atoms with E-state index in [1.807, 2.05) is 38.1 Å².